The number of aliphatic carboxylic acids is 1. The average Bonchev–Trinajstić information content (AvgIpc) is 2.92. The van der Waals surface area contributed by atoms with Crippen LogP contribution in [0.25, 0.3) is 0 Å². The smallest absolute Gasteiger partial charge is 0.303 e. The molecule has 0 unspecified atom stereocenters. The molecule has 24 heavy (non-hydrogen) atoms. The molecule has 1 aliphatic heterocycles. The molecule has 0 bridgehead atoms. The van der Waals surface area contributed by atoms with Crippen molar-refractivity contribution in [3.63, 3.8) is 0 Å². The summed E-state index contributed by atoms with van der Waals surface area (Å²) in [6.07, 6.45) is 6.93. The minimum atomic E-state index is -0.818. The molecule has 1 rings (SSSR count). The van der Waals surface area contributed by atoms with Crippen LogP contribution < -0.4 is 0 Å². The fraction of sp³-hybridized carbons (Fsp3) is 0.833. The van der Waals surface area contributed by atoms with Gasteiger partial charge in [-0.3, -0.25) is 4.79 Å². The molecule has 0 saturated carbocycles. The molecule has 1 heterocycles. The molecule has 0 aromatic carbocycles. The maximum absolute atomic E-state index is 10.4. The number of aliphatic hydroxyl groups excluding tert-OH is 3. The van der Waals surface area contributed by atoms with E-state index in [1.165, 1.54) is 6.08 Å². The second-order valence-electron chi connectivity index (χ2n) is 6.57. The molecular weight excluding hydrogens is 312 g/mol. The van der Waals surface area contributed by atoms with Gasteiger partial charge in [0.05, 0.1) is 30.5 Å². The lowest BCUT2D eigenvalue weighted by atomic mass is 10.0. The Labute approximate surface area is 144 Å². The number of rotatable bonds is 12. The molecule has 4 N–H and O–H groups in total. The second kappa shape index (κ2) is 11.6. The Balaban J connectivity index is 2.19. The van der Waals surface area contributed by atoms with Crippen LogP contribution in [-0.2, 0) is 9.53 Å². The minimum absolute atomic E-state index is 0.226. The summed E-state index contributed by atoms with van der Waals surface area (Å²) >= 11 is 0. The Morgan fingerprint density at radius 3 is 2.50 bits per heavy atom. The normalized spacial score (nSPS) is 26.8. The lowest BCUT2D eigenvalue weighted by Gasteiger charge is -2.17. The van der Waals surface area contributed by atoms with Crippen LogP contribution in [0.3, 0.4) is 0 Å². The van der Waals surface area contributed by atoms with Crippen molar-refractivity contribution < 1.29 is 30.0 Å². The van der Waals surface area contributed by atoms with E-state index < -0.39 is 30.4 Å². The van der Waals surface area contributed by atoms with Gasteiger partial charge in [0, 0.05) is 12.8 Å². The third-order valence-electron chi connectivity index (χ3n) is 4.46. The Morgan fingerprint density at radius 1 is 1.17 bits per heavy atom. The quantitative estimate of drug-likeness (QED) is 0.319. The van der Waals surface area contributed by atoms with E-state index in [-0.39, 0.29) is 12.5 Å². The first-order valence-corrected chi connectivity index (χ1v) is 9.03. The number of carboxylic acid groups (broad SMARTS) is 1. The van der Waals surface area contributed by atoms with E-state index in [0.717, 1.165) is 32.1 Å². The summed E-state index contributed by atoms with van der Waals surface area (Å²) in [5.41, 5.74) is 0. The predicted octanol–water partition coefficient (Wildman–Crippen LogP) is 2.01. The summed E-state index contributed by atoms with van der Waals surface area (Å²) < 4.78 is 5.75. The van der Waals surface area contributed by atoms with Gasteiger partial charge in [-0.05, 0) is 19.3 Å². The average molecular weight is 344 g/mol. The van der Waals surface area contributed by atoms with Gasteiger partial charge >= 0.3 is 5.97 Å². The van der Waals surface area contributed by atoms with Crippen LogP contribution in [0.1, 0.15) is 64.7 Å². The lowest BCUT2D eigenvalue weighted by molar-refractivity contribution is -0.137. The third kappa shape index (κ3) is 8.24. The lowest BCUT2D eigenvalue weighted by Crippen LogP contribution is -2.25. The molecule has 1 saturated heterocycles. The second-order valence-corrected chi connectivity index (χ2v) is 6.57. The van der Waals surface area contributed by atoms with E-state index in [9.17, 15) is 20.1 Å². The highest BCUT2D eigenvalue weighted by Crippen LogP contribution is 2.27. The fourth-order valence-electron chi connectivity index (χ4n) is 2.90. The van der Waals surface area contributed by atoms with Crippen LogP contribution in [0.5, 0.6) is 0 Å². The van der Waals surface area contributed by atoms with E-state index in [0.29, 0.717) is 19.3 Å². The maximum atomic E-state index is 10.4. The van der Waals surface area contributed by atoms with Gasteiger partial charge in [0.15, 0.2) is 0 Å². The zero-order chi connectivity index (χ0) is 17.9. The van der Waals surface area contributed by atoms with Crippen molar-refractivity contribution in [3.8, 4) is 0 Å². The van der Waals surface area contributed by atoms with Crippen LogP contribution in [0.15, 0.2) is 12.2 Å². The van der Waals surface area contributed by atoms with Gasteiger partial charge in [0.1, 0.15) is 0 Å². The summed E-state index contributed by atoms with van der Waals surface area (Å²) in [4.78, 5) is 10.4. The Bertz CT molecular complexity index is 384. The van der Waals surface area contributed by atoms with Crippen molar-refractivity contribution in [3.05, 3.63) is 12.2 Å². The van der Waals surface area contributed by atoms with Crippen LogP contribution in [0, 0.1) is 0 Å². The van der Waals surface area contributed by atoms with Crippen molar-refractivity contribution in [2.24, 2.45) is 0 Å². The van der Waals surface area contributed by atoms with E-state index >= 15 is 0 Å². The number of hydrogen-bond donors (Lipinski definition) is 4. The number of ether oxygens (including phenoxy) is 1. The summed E-state index contributed by atoms with van der Waals surface area (Å²) in [5.74, 6) is -0.748. The van der Waals surface area contributed by atoms with Gasteiger partial charge < -0.3 is 25.2 Å². The van der Waals surface area contributed by atoms with Crippen LogP contribution in [0.4, 0.5) is 0 Å². The van der Waals surface area contributed by atoms with E-state index in [1.54, 1.807) is 6.08 Å². The Morgan fingerprint density at radius 2 is 1.83 bits per heavy atom. The SMILES string of the molecule is CC[C@@H](O)/C=C/[C@@H](O)[C@H]1C[C@H](O)[C@@H](CCCCCCCC(=O)O)O1. The number of aliphatic hydroxyl groups is 3. The standard InChI is InChI=1S/C18H32O6/c1-2-13(19)10-11-14(20)17-12-15(21)16(24-17)8-6-4-3-5-7-9-18(22)23/h10-11,13-17,19-21H,2-9,12H2,1H3,(H,22,23)/b11-10+/t13-,14-,15+,16-,17-/m1/s1. The van der Waals surface area contributed by atoms with Crippen molar-refractivity contribution in [1.29, 1.82) is 0 Å². The number of hydrogen-bond acceptors (Lipinski definition) is 5. The summed E-state index contributed by atoms with van der Waals surface area (Å²) in [6, 6.07) is 0. The van der Waals surface area contributed by atoms with Crippen LogP contribution in [0.2, 0.25) is 0 Å². The van der Waals surface area contributed by atoms with Crippen molar-refractivity contribution >= 4 is 5.97 Å². The molecule has 0 aromatic rings. The van der Waals surface area contributed by atoms with E-state index in [1.807, 2.05) is 6.92 Å². The molecule has 0 aliphatic carbocycles. The van der Waals surface area contributed by atoms with E-state index in [2.05, 4.69) is 0 Å². The Kier molecular flexibility index (Phi) is 10.2. The van der Waals surface area contributed by atoms with E-state index in [4.69, 9.17) is 9.84 Å². The van der Waals surface area contributed by atoms with Crippen molar-refractivity contribution in [2.75, 3.05) is 0 Å². The number of carboxylic acids is 1. The predicted molar refractivity (Wildman–Crippen MR) is 90.7 cm³/mol. The largest absolute Gasteiger partial charge is 0.481 e. The number of unbranched alkanes of at least 4 members (excludes halogenated alkanes) is 4. The van der Waals surface area contributed by atoms with Gasteiger partial charge in [-0.2, -0.15) is 0 Å². The molecule has 1 fully saturated rings. The van der Waals surface area contributed by atoms with Crippen LogP contribution >= 0.6 is 0 Å². The first-order valence-electron chi connectivity index (χ1n) is 9.03. The summed E-state index contributed by atoms with van der Waals surface area (Å²) in [6.45, 7) is 1.86. The first-order chi connectivity index (χ1) is 11.4. The molecule has 6 heteroatoms. The molecule has 0 amide bonds. The van der Waals surface area contributed by atoms with Gasteiger partial charge in [-0.25, -0.2) is 0 Å². The molecule has 5 atom stereocenters. The highest BCUT2D eigenvalue weighted by atomic mass is 16.5. The van der Waals surface area contributed by atoms with Gasteiger partial charge in [0.25, 0.3) is 0 Å². The monoisotopic (exact) mass is 344 g/mol. The van der Waals surface area contributed by atoms with Gasteiger partial charge in [0.2, 0.25) is 0 Å². The molecule has 0 radical (unpaired) electrons. The molecule has 6 nitrogen and oxygen atoms in total. The summed E-state index contributed by atoms with van der Waals surface area (Å²) in [7, 11) is 0. The fourth-order valence-corrected chi connectivity index (χ4v) is 2.90. The molecule has 0 aromatic heterocycles. The highest BCUT2D eigenvalue weighted by molar-refractivity contribution is 5.66. The molecule has 1 aliphatic rings. The Hall–Kier alpha value is -0.950. The molecular formula is C18H32O6. The third-order valence-corrected chi connectivity index (χ3v) is 4.46. The highest BCUT2D eigenvalue weighted by Gasteiger charge is 2.36. The molecule has 0 spiro atoms. The molecule has 140 valence electrons. The number of carbonyl (C=O) groups is 1. The summed E-state index contributed by atoms with van der Waals surface area (Å²) in [5, 5.41) is 38.1. The minimum Gasteiger partial charge on any atom is -0.481 e. The van der Waals surface area contributed by atoms with Crippen molar-refractivity contribution in [2.45, 2.75) is 95.2 Å². The maximum Gasteiger partial charge on any atom is 0.303 e. The van der Waals surface area contributed by atoms with Gasteiger partial charge in [-0.1, -0.05) is 44.8 Å². The van der Waals surface area contributed by atoms with Crippen molar-refractivity contribution in [1.82, 2.24) is 0 Å². The van der Waals surface area contributed by atoms with Gasteiger partial charge in [-0.15, -0.1) is 0 Å². The van der Waals surface area contributed by atoms with Crippen LogP contribution in [-0.4, -0.2) is 56.9 Å². The zero-order valence-electron chi connectivity index (χ0n) is 14.5. The topological polar surface area (TPSA) is 107 Å². The zero-order valence-corrected chi connectivity index (χ0v) is 14.5. The first kappa shape index (κ1) is 21.1.